The molecule has 0 unspecified atom stereocenters. The lowest BCUT2D eigenvalue weighted by Crippen LogP contribution is -2.40. The van der Waals surface area contributed by atoms with E-state index in [-0.39, 0.29) is 18.0 Å². The van der Waals surface area contributed by atoms with E-state index in [2.05, 4.69) is 35.7 Å². The molecule has 1 amide bonds. The van der Waals surface area contributed by atoms with Gasteiger partial charge in [-0.2, -0.15) is 5.10 Å². The standard InChI is InChI=1S/C16H22N4OS/c1-10-6-8-22-15(10)12(3)17-13-5-7-20(16(13)21)14-9-11(2)18-19(14)4/h6,8-9,12-13,17H,5,7H2,1-4H3/t12-,13+/m0/s1. The van der Waals surface area contributed by atoms with Crippen molar-refractivity contribution in [3.05, 3.63) is 33.6 Å². The summed E-state index contributed by atoms with van der Waals surface area (Å²) in [5.74, 6) is 1.02. The lowest BCUT2D eigenvalue weighted by molar-refractivity contribution is -0.119. The molecule has 1 saturated heterocycles. The molecule has 0 saturated carbocycles. The van der Waals surface area contributed by atoms with E-state index in [1.807, 2.05) is 24.9 Å². The number of carbonyl (C=O) groups excluding carboxylic acids is 1. The highest BCUT2D eigenvalue weighted by molar-refractivity contribution is 7.10. The zero-order valence-electron chi connectivity index (χ0n) is 13.5. The third-order valence-electron chi connectivity index (χ3n) is 4.21. The highest BCUT2D eigenvalue weighted by Crippen LogP contribution is 2.27. The van der Waals surface area contributed by atoms with Crippen molar-refractivity contribution in [2.75, 3.05) is 11.4 Å². The van der Waals surface area contributed by atoms with E-state index in [0.29, 0.717) is 0 Å². The first-order valence-electron chi connectivity index (χ1n) is 7.59. The molecule has 0 aromatic carbocycles. The number of nitrogens with zero attached hydrogens (tertiary/aromatic N) is 3. The molecule has 1 aliphatic heterocycles. The number of aromatic nitrogens is 2. The van der Waals surface area contributed by atoms with E-state index < -0.39 is 0 Å². The van der Waals surface area contributed by atoms with Crippen LogP contribution in [0.25, 0.3) is 0 Å². The maximum atomic E-state index is 12.7. The van der Waals surface area contributed by atoms with Gasteiger partial charge in [0.05, 0.1) is 11.7 Å². The molecule has 0 bridgehead atoms. The average molecular weight is 318 g/mol. The zero-order valence-corrected chi connectivity index (χ0v) is 14.3. The normalized spacial score (nSPS) is 19.9. The molecule has 1 fully saturated rings. The SMILES string of the molecule is Cc1cc(N2CC[C@@H](N[C@@H](C)c3sccc3C)C2=O)n(C)n1. The second kappa shape index (κ2) is 5.85. The Bertz CT molecular complexity index is 690. The summed E-state index contributed by atoms with van der Waals surface area (Å²) in [6, 6.07) is 4.17. The molecule has 22 heavy (non-hydrogen) atoms. The van der Waals surface area contributed by atoms with Crippen LogP contribution < -0.4 is 10.2 Å². The lowest BCUT2D eigenvalue weighted by Gasteiger charge is -2.20. The molecule has 2 atom stereocenters. The molecule has 3 rings (SSSR count). The number of anilines is 1. The summed E-state index contributed by atoms with van der Waals surface area (Å²) in [4.78, 5) is 15.8. The van der Waals surface area contributed by atoms with Gasteiger partial charge in [-0.25, -0.2) is 0 Å². The second-order valence-corrected chi connectivity index (χ2v) is 6.90. The summed E-state index contributed by atoms with van der Waals surface area (Å²) in [7, 11) is 1.88. The van der Waals surface area contributed by atoms with E-state index in [0.717, 1.165) is 24.5 Å². The number of rotatable bonds is 4. The Morgan fingerprint density at radius 3 is 2.82 bits per heavy atom. The van der Waals surface area contributed by atoms with Crippen molar-refractivity contribution in [1.29, 1.82) is 0 Å². The summed E-state index contributed by atoms with van der Waals surface area (Å²) >= 11 is 1.74. The van der Waals surface area contributed by atoms with Gasteiger partial charge in [0.25, 0.3) is 0 Å². The van der Waals surface area contributed by atoms with Crippen LogP contribution >= 0.6 is 11.3 Å². The lowest BCUT2D eigenvalue weighted by atomic mass is 10.1. The van der Waals surface area contributed by atoms with E-state index in [1.165, 1.54) is 10.4 Å². The number of thiophene rings is 1. The van der Waals surface area contributed by atoms with Gasteiger partial charge in [-0.05, 0) is 44.2 Å². The Morgan fingerprint density at radius 1 is 1.45 bits per heavy atom. The number of amides is 1. The molecular formula is C16H22N4OS. The molecule has 2 aromatic rings. The van der Waals surface area contributed by atoms with Gasteiger partial charge in [0, 0.05) is 30.6 Å². The minimum absolute atomic E-state index is 0.119. The molecule has 0 radical (unpaired) electrons. The topological polar surface area (TPSA) is 50.2 Å². The van der Waals surface area contributed by atoms with Crippen LogP contribution in [-0.2, 0) is 11.8 Å². The fourth-order valence-corrected chi connectivity index (χ4v) is 4.06. The van der Waals surface area contributed by atoms with Crippen LogP contribution in [0, 0.1) is 13.8 Å². The minimum atomic E-state index is -0.119. The summed E-state index contributed by atoms with van der Waals surface area (Å²) in [6.45, 7) is 6.93. The minimum Gasteiger partial charge on any atom is -0.298 e. The maximum absolute atomic E-state index is 12.7. The van der Waals surface area contributed by atoms with Crippen LogP contribution in [0.2, 0.25) is 0 Å². The first-order valence-corrected chi connectivity index (χ1v) is 8.47. The number of carbonyl (C=O) groups is 1. The summed E-state index contributed by atoms with van der Waals surface area (Å²) < 4.78 is 1.78. The highest BCUT2D eigenvalue weighted by atomic mass is 32.1. The van der Waals surface area contributed by atoms with Crippen LogP contribution in [0.4, 0.5) is 5.82 Å². The van der Waals surface area contributed by atoms with Crippen molar-refractivity contribution in [3.8, 4) is 0 Å². The smallest absolute Gasteiger partial charge is 0.245 e. The Labute approximate surface area is 134 Å². The summed E-state index contributed by atoms with van der Waals surface area (Å²) in [5.41, 5.74) is 2.22. The van der Waals surface area contributed by atoms with Crippen LogP contribution in [0.3, 0.4) is 0 Å². The van der Waals surface area contributed by atoms with Gasteiger partial charge >= 0.3 is 0 Å². The van der Waals surface area contributed by atoms with Crippen molar-refractivity contribution in [2.24, 2.45) is 7.05 Å². The Morgan fingerprint density at radius 2 is 2.23 bits per heavy atom. The molecule has 0 aliphatic carbocycles. The van der Waals surface area contributed by atoms with Crippen molar-refractivity contribution in [2.45, 2.75) is 39.3 Å². The largest absolute Gasteiger partial charge is 0.298 e. The Balaban J connectivity index is 1.71. The van der Waals surface area contributed by atoms with Crippen molar-refractivity contribution >= 4 is 23.1 Å². The molecule has 2 aromatic heterocycles. The van der Waals surface area contributed by atoms with Crippen molar-refractivity contribution < 1.29 is 4.79 Å². The van der Waals surface area contributed by atoms with Crippen LogP contribution in [0.15, 0.2) is 17.5 Å². The predicted molar refractivity (Wildman–Crippen MR) is 89.3 cm³/mol. The molecule has 0 spiro atoms. The van der Waals surface area contributed by atoms with E-state index >= 15 is 0 Å². The third kappa shape index (κ3) is 2.68. The third-order valence-corrected chi connectivity index (χ3v) is 5.41. The van der Waals surface area contributed by atoms with Gasteiger partial charge < -0.3 is 0 Å². The zero-order chi connectivity index (χ0) is 15.9. The second-order valence-electron chi connectivity index (χ2n) is 5.95. The number of hydrogen-bond donors (Lipinski definition) is 1. The van der Waals surface area contributed by atoms with E-state index in [4.69, 9.17) is 0 Å². The molecule has 6 heteroatoms. The maximum Gasteiger partial charge on any atom is 0.245 e. The molecule has 5 nitrogen and oxygen atoms in total. The first-order chi connectivity index (χ1) is 10.5. The van der Waals surface area contributed by atoms with Crippen molar-refractivity contribution in [1.82, 2.24) is 15.1 Å². The molecule has 118 valence electrons. The van der Waals surface area contributed by atoms with Crippen LogP contribution in [0.1, 0.15) is 35.5 Å². The van der Waals surface area contributed by atoms with Gasteiger partial charge in [0.2, 0.25) is 5.91 Å². The molecular weight excluding hydrogens is 296 g/mol. The number of hydrogen-bond acceptors (Lipinski definition) is 4. The van der Waals surface area contributed by atoms with E-state index in [9.17, 15) is 4.79 Å². The summed E-state index contributed by atoms with van der Waals surface area (Å²) in [5, 5.41) is 9.92. The van der Waals surface area contributed by atoms with Crippen LogP contribution in [-0.4, -0.2) is 28.3 Å². The number of aryl methyl sites for hydroxylation is 3. The fourth-order valence-electron chi connectivity index (χ4n) is 3.12. The fraction of sp³-hybridized carbons (Fsp3) is 0.500. The highest BCUT2D eigenvalue weighted by Gasteiger charge is 2.35. The van der Waals surface area contributed by atoms with Crippen molar-refractivity contribution in [3.63, 3.8) is 0 Å². The number of nitrogens with one attached hydrogen (secondary N) is 1. The first kappa shape index (κ1) is 15.2. The Hall–Kier alpha value is -1.66. The van der Waals surface area contributed by atoms with Crippen LogP contribution in [0.5, 0.6) is 0 Å². The van der Waals surface area contributed by atoms with Gasteiger partial charge in [-0.1, -0.05) is 0 Å². The molecule has 1 N–H and O–H groups in total. The molecule has 3 heterocycles. The monoisotopic (exact) mass is 318 g/mol. The summed E-state index contributed by atoms with van der Waals surface area (Å²) in [6.07, 6.45) is 0.831. The predicted octanol–water partition coefficient (Wildman–Crippen LogP) is 2.55. The average Bonchev–Trinajstić information content (AvgIpc) is 3.12. The quantitative estimate of drug-likeness (QED) is 0.942. The Kier molecular flexibility index (Phi) is 4.06. The van der Waals surface area contributed by atoms with Gasteiger partial charge in [0.15, 0.2) is 0 Å². The van der Waals surface area contributed by atoms with Gasteiger partial charge in [0.1, 0.15) is 5.82 Å². The van der Waals surface area contributed by atoms with Gasteiger partial charge in [-0.3, -0.25) is 19.7 Å². The van der Waals surface area contributed by atoms with Gasteiger partial charge in [-0.15, -0.1) is 11.3 Å². The van der Waals surface area contributed by atoms with E-state index in [1.54, 1.807) is 16.0 Å². The molecule has 1 aliphatic rings.